The van der Waals surface area contributed by atoms with Crippen molar-refractivity contribution in [1.29, 1.82) is 0 Å². The fraction of sp³-hybridized carbons (Fsp3) is 0.538. The molecule has 0 radical (unpaired) electrons. The molecular weight excluding hydrogens is 298 g/mol. The highest BCUT2D eigenvalue weighted by Crippen LogP contribution is 2.28. The molecule has 96 valence electrons. The molecule has 0 aromatic heterocycles. The van der Waals surface area contributed by atoms with E-state index in [1.165, 1.54) is 5.56 Å². The van der Waals surface area contributed by atoms with E-state index in [1.54, 1.807) is 0 Å². The monoisotopic (exact) mass is 317 g/mol. The van der Waals surface area contributed by atoms with E-state index in [2.05, 4.69) is 40.5 Å². The SMILES string of the molecule is CNC(C)c1cc(Br)ccc1OCCCSC. The van der Waals surface area contributed by atoms with Crippen LogP contribution in [-0.4, -0.2) is 25.7 Å². The van der Waals surface area contributed by atoms with Gasteiger partial charge in [0.15, 0.2) is 0 Å². The van der Waals surface area contributed by atoms with Crippen LogP contribution < -0.4 is 10.1 Å². The topological polar surface area (TPSA) is 21.3 Å². The summed E-state index contributed by atoms with van der Waals surface area (Å²) in [5.41, 5.74) is 1.20. The second-order valence-electron chi connectivity index (χ2n) is 3.89. The first-order chi connectivity index (χ1) is 8.19. The standard InChI is InChI=1S/C13H20BrNOS/c1-10(15-2)12-9-11(14)5-6-13(12)16-7-4-8-17-3/h5-6,9-10,15H,4,7-8H2,1-3H3. The normalized spacial score (nSPS) is 12.5. The van der Waals surface area contributed by atoms with Crippen LogP contribution in [0.4, 0.5) is 0 Å². The van der Waals surface area contributed by atoms with Crippen LogP contribution in [0, 0.1) is 0 Å². The van der Waals surface area contributed by atoms with E-state index >= 15 is 0 Å². The third-order valence-corrected chi connectivity index (χ3v) is 3.81. The van der Waals surface area contributed by atoms with E-state index in [-0.39, 0.29) is 0 Å². The maximum Gasteiger partial charge on any atom is 0.124 e. The average molecular weight is 318 g/mol. The van der Waals surface area contributed by atoms with Gasteiger partial charge in [0, 0.05) is 16.1 Å². The lowest BCUT2D eigenvalue weighted by Crippen LogP contribution is -2.14. The number of halogens is 1. The summed E-state index contributed by atoms with van der Waals surface area (Å²) in [5.74, 6) is 2.13. The Balaban J connectivity index is 2.69. The van der Waals surface area contributed by atoms with Crippen molar-refractivity contribution < 1.29 is 4.74 Å². The number of benzene rings is 1. The zero-order valence-corrected chi connectivity index (χ0v) is 13.0. The predicted molar refractivity (Wildman–Crippen MR) is 80.1 cm³/mol. The third-order valence-electron chi connectivity index (χ3n) is 2.62. The average Bonchev–Trinajstić information content (AvgIpc) is 2.35. The third kappa shape index (κ3) is 4.90. The van der Waals surface area contributed by atoms with Crippen molar-refractivity contribution in [3.63, 3.8) is 0 Å². The number of hydrogen-bond acceptors (Lipinski definition) is 3. The van der Waals surface area contributed by atoms with E-state index in [0.717, 1.165) is 29.0 Å². The largest absolute Gasteiger partial charge is 0.493 e. The van der Waals surface area contributed by atoms with Crippen molar-refractivity contribution in [2.75, 3.05) is 25.7 Å². The molecule has 2 nitrogen and oxygen atoms in total. The summed E-state index contributed by atoms with van der Waals surface area (Å²) >= 11 is 5.35. The Morgan fingerprint density at radius 3 is 2.88 bits per heavy atom. The van der Waals surface area contributed by atoms with E-state index < -0.39 is 0 Å². The van der Waals surface area contributed by atoms with E-state index in [0.29, 0.717) is 6.04 Å². The number of rotatable bonds is 7. The van der Waals surface area contributed by atoms with Gasteiger partial charge >= 0.3 is 0 Å². The van der Waals surface area contributed by atoms with Gasteiger partial charge in [0.25, 0.3) is 0 Å². The first kappa shape index (κ1) is 14.9. The molecule has 4 heteroatoms. The lowest BCUT2D eigenvalue weighted by Gasteiger charge is -2.17. The van der Waals surface area contributed by atoms with Crippen molar-refractivity contribution in [2.24, 2.45) is 0 Å². The molecule has 1 aromatic rings. The lowest BCUT2D eigenvalue weighted by atomic mass is 10.1. The summed E-state index contributed by atoms with van der Waals surface area (Å²) in [7, 11) is 1.96. The van der Waals surface area contributed by atoms with Crippen molar-refractivity contribution >= 4 is 27.7 Å². The summed E-state index contributed by atoms with van der Waals surface area (Å²) in [6, 6.07) is 6.47. The first-order valence-electron chi connectivity index (χ1n) is 5.77. The molecule has 0 bridgehead atoms. The molecule has 0 aliphatic rings. The first-order valence-corrected chi connectivity index (χ1v) is 7.96. The van der Waals surface area contributed by atoms with Gasteiger partial charge in [-0.25, -0.2) is 0 Å². The highest BCUT2D eigenvalue weighted by atomic mass is 79.9. The van der Waals surface area contributed by atoms with E-state index in [1.807, 2.05) is 30.9 Å². The van der Waals surface area contributed by atoms with Gasteiger partial charge in [-0.1, -0.05) is 15.9 Å². The molecule has 0 aliphatic heterocycles. The number of hydrogen-bond donors (Lipinski definition) is 1. The summed E-state index contributed by atoms with van der Waals surface area (Å²) in [5, 5.41) is 3.25. The van der Waals surface area contributed by atoms with Crippen LogP contribution >= 0.6 is 27.7 Å². The quantitative estimate of drug-likeness (QED) is 0.771. The molecule has 0 amide bonds. The highest BCUT2D eigenvalue weighted by Gasteiger charge is 2.10. The minimum Gasteiger partial charge on any atom is -0.493 e. The molecule has 1 aromatic carbocycles. The molecule has 1 unspecified atom stereocenters. The van der Waals surface area contributed by atoms with Crippen LogP contribution in [0.25, 0.3) is 0 Å². The Labute approximate surface area is 117 Å². The van der Waals surface area contributed by atoms with Gasteiger partial charge in [-0.3, -0.25) is 0 Å². The molecular formula is C13H20BrNOS. The maximum atomic E-state index is 5.84. The minimum absolute atomic E-state index is 0.294. The zero-order valence-electron chi connectivity index (χ0n) is 10.6. The van der Waals surface area contributed by atoms with Gasteiger partial charge in [0.05, 0.1) is 6.61 Å². The summed E-state index contributed by atoms with van der Waals surface area (Å²) in [6.07, 6.45) is 3.21. The van der Waals surface area contributed by atoms with Crippen LogP contribution in [0.2, 0.25) is 0 Å². The molecule has 1 atom stereocenters. The Bertz CT molecular complexity index is 346. The molecule has 0 fully saturated rings. The summed E-state index contributed by atoms with van der Waals surface area (Å²) in [4.78, 5) is 0. The molecule has 0 spiro atoms. The second kappa shape index (κ2) is 8.01. The van der Waals surface area contributed by atoms with Crippen molar-refractivity contribution in [3.05, 3.63) is 28.2 Å². The molecule has 1 rings (SSSR count). The van der Waals surface area contributed by atoms with Crippen LogP contribution in [0.1, 0.15) is 24.9 Å². The van der Waals surface area contributed by atoms with Gasteiger partial charge in [0.2, 0.25) is 0 Å². The molecule has 1 N–H and O–H groups in total. The fourth-order valence-electron chi connectivity index (χ4n) is 1.53. The van der Waals surface area contributed by atoms with Crippen LogP contribution in [-0.2, 0) is 0 Å². The second-order valence-corrected chi connectivity index (χ2v) is 5.79. The van der Waals surface area contributed by atoms with Crippen LogP contribution in [0.15, 0.2) is 22.7 Å². The van der Waals surface area contributed by atoms with Crippen LogP contribution in [0.5, 0.6) is 5.75 Å². The number of nitrogens with one attached hydrogen (secondary N) is 1. The molecule has 0 heterocycles. The van der Waals surface area contributed by atoms with Gasteiger partial charge in [-0.2, -0.15) is 11.8 Å². The Morgan fingerprint density at radius 1 is 1.47 bits per heavy atom. The van der Waals surface area contributed by atoms with Gasteiger partial charge in [-0.15, -0.1) is 0 Å². The van der Waals surface area contributed by atoms with E-state index in [9.17, 15) is 0 Å². The fourth-order valence-corrected chi connectivity index (χ4v) is 2.32. The van der Waals surface area contributed by atoms with Gasteiger partial charge < -0.3 is 10.1 Å². The smallest absolute Gasteiger partial charge is 0.124 e. The van der Waals surface area contributed by atoms with Crippen molar-refractivity contribution in [2.45, 2.75) is 19.4 Å². The number of thioether (sulfide) groups is 1. The van der Waals surface area contributed by atoms with Crippen LogP contribution in [0.3, 0.4) is 0 Å². The Morgan fingerprint density at radius 2 is 2.24 bits per heavy atom. The van der Waals surface area contributed by atoms with Gasteiger partial charge in [-0.05, 0) is 50.6 Å². The Hall–Kier alpha value is -0.190. The lowest BCUT2D eigenvalue weighted by molar-refractivity contribution is 0.312. The molecule has 0 saturated heterocycles. The number of ether oxygens (including phenoxy) is 1. The summed E-state index contributed by atoms with van der Waals surface area (Å²) < 4.78 is 6.93. The summed E-state index contributed by atoms with van der Waals surface area (Å²) in [6.45, 7) is 2.92. The van der Waals surface area contributed by atoms with E-state index in [4.69, 9.17) is 4.74 Å². The van der Waals surface area contributed by atoms with Crippen molar-refractivity contribution in [1.82, 2.24) is 5.32 Å². The van der Waals surface area contributed by atoms with Gasteiger partial charge in [0.1, 0.15) is 5.75 Å². The molecule has 17 heavy (non-hydrogen) atoms. The molecule has 0 aliphatic carbocycles. The molecule has 0 saturated carbocycles. The van der Waals surface area contributed by atoms with Crippen molar-refractivity contribution in [3.8, 4) is 5.75 Å². The minimum atomic E-state index is 0.294. The zero-order chi connectivity index (χ0) is 12.7. The highest BCUT2D eigenvalue weighted by molar-refractivity contribution is 9.10. The maximum absolute atomic E-state index is 5.84. The predicted octanol–water partition coefficient (Wildman–Crippen LogP) is 3.86. The Kier molecular flexibility index (Phi) is 7.00.